The smallest absolute Gasteiger partial charge is 0.262 e. The minimum Gasteiger partial charge on any atom is -0.389 e. The fourth-order valence-corrected chi connectivity index (χ4v) is 6.73. The molecule has 5 rings (SSSR count). The molecule has 0 bridgehead atoms. The molecule has 0 amide bonds. The van der Waals surface area contributed by atoms with Crippen molar-refractivity contribution in [2.45, 2.75) is 63.1 Å². The van der Waals surface area contributed by atoms with Gasteiger partial charge in [-0.25, -0.2) is 9.98 Å². The molecule has 11 heteroatoms. The zero-order valence-corrected chi connectivity index (χ0v) is 24.5. The number of hydrogen-bond donors (Lipinski definition) is 2. The highest BCUT2D eigenvalue weighted by Crippen LogP contribution is 2.50. The van der Waals surface area contributed by atoms with Gasteiger partial charge in [0.25, 0.3) is 5.56 Å². The van der Waals surface area contributed by atoms with Crippen molar-refractivity contribution in [3.8, 4) is 0 Å². The number of benzene rings is 1. The Bertz CT molecular complexity index is 1570. The number of aliphatic imine (C=N–C) groups is 2. The predicted octanol–water partition coefficient (Wildman–Crippen LogP) is 4.56. The summed E-state index contributed by atoms with van der Waals surface area (Å²) in [5.74, 6) is 0.891. The van der Waals surface area contributed by atoms with E-state index in [1.165, 1.54) is 28.2 Å². The first kappa shape index (κ1) is 28.5. The van der Waals surface area contributed by atoms with Gasteiger partial charge in [0.05, 0.1) is 40.6 Å². The molecule has 1 aromatic carbocycles. The van der Waals surface area contributed by atoms with E-state index in [1.54, 1.807) is 32.2 Å². The Balaban J connectivity index is 1.30. The van der Waals surface area contributed by atoms with Gasteiger partial charge in [-0.1, -0.05) is 29.4 Å². The summed E-state index contributed by atoms with van der Waals surface area (Å²) in [5.41, 5.74) is 8.17. The van der Waals surface area contributed by atoms with Crippen molar-refractivity contribution in [2.75, 3.05) is 13.1 Å². The monoisotopic (exact) mass is 579 g/mol. The van der Waals surface area contributed by atoms with Crippen LogP contribution < -0.4 is 11.3 Å². The standard InChI is InChI=1S/C29H34ClN7O2S/c1-18(36-12-9-29(10-13-36)14-21-19(26(29)31)6-5-11-33-21)34-15-23(32-4)40-22-8-7-20-24(25(22)30)27(38)37(17-35-20)16-28(2,3)39/h5-8,11,15,17,26,39H,4,9-10,12-14,16,31H2,1-3H3/b23-15+,34-18?/t26-/m0/s1. The van der Waals surface area contributed by atoms with E-state index in [4.69, 9.17) is 17.3 Å². The van der Waals surface area contributed by atoms with Gasteiger partial charge in [0, 0.05) is 35.9 Å². The van der Waals surface area contributed by atoms with Crippen LogP contribution in [0.3, 0.4) is 0 Å². The fourth-order valence-electron chi connectivity index (χ4n) is 5.65. The van der Waals surface area contributed by atoms with Crippen LogP contribution in [0.15, 0.2) is 67.7 Å². The maximum Gasteiger partial charge on any atom is 0.262 e. The van der Waals surface area contributed by atoms with E-state index in [0.717, 1.165) is 43.9 Å². The highest BCUT2D eigenvalue weighted by Gasteiger charge is 2.46. The Kier molecular flexibility index (Phi) is 7.89. The molecule has 3 N–H and O–H groups in total. The van der Waals surface area contributed by atoms with Gasteiger partial charge in [-0.15, -0.1) is 0 Å². The Hall–Kier alpha value is -3.05. The van der Waals surface area contributed by atoms with Crippen molar-refractivity contribution < 1.29 is 5.11 Å². The molecular formula is C29H34ClN7O2S. The minimum absolute atomic E-state index is 0.0182. The third kappa shape index (κ3) is 5.58. The minimum atomic E-state index is -1.07. The SMILES string of the molecule is C=N/C(=C\N=C(C)N1CCC2(CC1)Cc1ncccc1[C@@H]2N)Sc1ccc2ncn(CC(C)(C)O)c(=O)c2c1Cl. The van der Waals surface area contributed by atoms with Crippen LogP contribution in [0.4, 0.5) is 0 Å². The van der Waals surface area contributed by atoms with E-state index < -0.39 is 5.60 Å². The van der Waals surface area contributed by atoms with Crippen molar-refractivity contribution in [2.24, 2.45) is 21.1 Å². The molecular weight excluding hydrogens is 546 g/mol. The van der Waals surface area contributed by atoms with E-state index in [0.29, 0.717) is 20.8 Å². The summed E-state index contributed by atoms with van der Waals surface area (Å²) in [4.78, 5) is 33.8. The van der Waals surface area contributed by atoms with Crippen LogP contribution in [0.25, 0.3) is 10.9 Å². The second-order valence-electron chi connectivity index (χ2n) is 11.2. The van der Waals surface area contributed by atoms with E-state index in [-0.39, 0.29) is 28.6 Å². The predicted molar refractivity (Wildman–Crippen MR) is 162 cm³/mol. The summed E-state index contributed by atoms with van der Waals surface area (Å²) in [7, 11) is 0. The number of aliphatic hydroxyl groups is 1. The van der Waals surface area contributed by atoms with Gasteiger partial charge in [-0.3, -0.25) is 19.3 Å². The van der Waals surface area contributed by atoms with Crippen LogP contribution in [-0.2, 0) is 13.0 Å². The quantitative estimate of drug-likeness (QED) is 0.249. The number of rotatable bonds is 6. The van der Waals surface area contributed by atoms with Gasteiger partial charge in [0.15, 0.2) is 0 Å². The van der Waals surface area contributed by atoms with Crippen molar-refractivity contribution in [1.29, 1.82) is 0 Å². The first-order valence-corrected chi connectivity index (χ1v) is 14.4. The molecule has 3 heterocycles. The third-order valence-corrected chi connectivity index (χ3v) is 9.35. The molecule has 1 spiro atoms. The molecule has 210 valence electrons. The lowest BCUT2D eigenvalue weighted by Crippen LogP contribution is -2.45. The van der Waals surface area contributed by atoms with Crippen LogP contribution in [-0.4, -0.2) is 55.8 Å². The molecule has 0 unspecified atom stereocenters. The van der Waals surface area contributed by atoms with Gasteiger partial charge >= 0.3 is 0 Å². The fraction of sp³-hybridized carbons (Fsp3) is 0.414. The Morgan fingerprint density at radius 2 is 2.08 bits per heavy atom. The lowest BCUT2D eigenvalue weighted by molar-refractivity contribution is 0.0603. The Labute approximate surface area is 242 Å². The highest BCUT2D eigenvalue weighted by atomic mass is 35.5. The lowest BCUT2D eigenvalue weighted by Gasteiger charge is -2.42. The number of thioether (sulfide) groups is 1. The molecule has 1 fully saturated rings. The number of nitrogens with two attached hydrogens (primary N) is 1. The number of halogens is 1. The second kappa shape index (κ2) is 11.1. The molecule has 1 saturated heterocycles. The topological polar surface area (TPSA) is 122 Å². The van der Waals surface area contributed by atoms with E-state index in [1.807, 2.05) is 19.2 Å². The Morgan fingerprint density at radius 1 is 1.32 bits per heavy atom. The lowest BCUT2D eigenvalue weighted by atomic mass is 9.73. The first-order valence-electron chi connectivity index (χ1n) is 13.2. The number of pyridine rings is 1. The van der Waals surface area contributed by atoms with Crippen LogP contribution in [0.2, 0.25) is 5.02 Å². The Morgan fingerprint density at radius 3 is 2.75 bits per heavy atom. The average molecular weight is 580 g/mol. The molecule has 1 aliphatic heterocycles. The summed E-state index contributed by atoms with van der Waals surface area (Å²) in [6.45, 7) is 10.8. The molecule has 9 nitrogen and oxygen atoms in total. The first-order chi connectivity index (χ1) is 19.0. The van der Waals surface area contributed by atoms with E-state index in [2.05, 4.69) is 37.6 Å². The molecule has 1 atom stereocenters. The van der Waals surface area contributed by atoms with Gasteiger partial charge in [0.2, 0.25) is 0 Å². The normalized spacial score (nSPS) is 19.4. The molecule has 1 aliphatic carbocycles. The zero-order chi connectivity index (χ0) is 28.7. The van der Waals surface area contributed by atoms with Gasteiger partial charge in [0.1, 0.15) is 10.9 Å². The highest BCUT2D eigenvalue weighted by molar-refractivity contribution is 8.03. The number of piperidine rings is 1. The molecule has 0 saturated carbocycles. The largest absolute Gasteiger partial charge is 0.389 e. The van der Waals surface area contributed by atoms with Crippen LogP contribution in [0.5, 0.6) is 0 Å². The maximum atomic E-state index is 13.1. The summed E-state index contributed by atoms with van der Waals surface area (Å²) in [6.07, 6.45) is 7.84. The summed E-state index contributed by atoms with van der Waals surface area (Å²) in [5, 5.41) is 11.3. The number of aromatic nitrogens is 3. The van der Waals surface area contributed by atoms with Gasteiger partial charge in [-0.05, 0) is 75.9 Å². The average Bonchev–Trinajstić information content (AvgIpc) is 3.19. The third-order valence-electron chi connectivity index (χ3n) is 7.84. The number of nitrogens with zero attached hydrogens (tertiary/aromatic N) is 6. The van der Waals surface area contributed by atoms with E-state index in [9.17, 15) is 9.90 Å². The number of likely N-dealkylation sites (tertiary alicyclic amines) is 1. The van der Waals surface area contributed by atoms with Crippen molar-refractivity contribution in [3.63, 3.8) is 0 Å². The van der Waals surface area contributed by atoms with Gasteiger partial charge in [-0.2, -0.15) is 0 Å². The van der Waals surface area contributed by atoms with Crippen molar-refractivity contribution >= 4 is 46.8 Å². The summed E-state index contributed by atoms with van der Waals surface area (Å²) in [6, 6.07) is 7.65. The zero-order valence-electron chi connectivity index (χ0n) is 23.0. The molecule has 2 aliphatic rings. The number of amidine groups is 1. The van der Waals surface area contributed by atoms with Crippen LogP contribution in [0, 0.1) is 5.41 Å². The van der Waals surface area contributed by atoms with Crippen molar-refractivity contribution in [3.05, 3.63) is 74.7 Å². The second-order valence-corrected chi connectivity index (χ2v) is 12.6. The summed E-state index contributed by atoms with van der Waals surface area (Å²) >= 11 is 7.98. The van der Waals surface area contributed by atoms with Crippen molar-refractivity contribution in [1.82, 2.24) is 19.4 Å². The molecule has 0 radical (unpaired) electrons. The van der Waals surface area contributed by atoms with Crippen LogP contribution >= 0.6 is 23.4 Å². The summed E-state index contributed by atoms with van der Waals surface area (Å²) < 4.78 is 1.37. The van der Waals surface area contributed by atoms with Gasteiger partial charge < -0.3 is 15.7 Å². The number of fused-ring (bicyclic) bond motifs is 2. The molecule has 40 heavy (non-hydrogen) atoms. The molecule has 2 aromatic heterocycles. The van der Waals surface area contributed by atoms with E-state index >= 15 is 0 Å². The number of hydrogen-bond acceptors (Lipinski definition) is 8. The molecule has 3 aromatic rings. The van der Waals surface area contributed by atoms with Crippen LogP contribution in [0.1, 0.15) is 50.9 Å². The maximum absolute atomic E-state index is 13.1.